The number of nitrogens with one attached hydrogen (secondary N) is 2. The highest BCUT2D eigenvalue weighted by molar-refractivity contribution is 5.82. The summed E-state index contributed by atoms with van der Waals surface area (Å²) in [6.07, 6.45) is 6.75. The first-order valence-electron chi connectivity index (χ1n) is 7.05. The highest BCUT2D eigenvalue weighted by atomic mass is 16.2. The van der Waals surface area contributed by atoms with Crippen molar-refractivity contribution in [2.75, 3.05) is 19.6 Å². The maximum atomic E-state index is 11.8. The molecule has 19 heavy (non-hydrogen) atoms. The van der Waals surface area contributed by atoms with Crippen LogP contribution in [-0.2, 0) is 4.79 Å². The van der Waals surface area contributed by atoms with Crippen molar-refractivity contribution in [1.29, 1.82) is 0 Å². The van der Waals surface area contributed by atoms with Gasteiger partial charge in [0.1, 0.15) is 0 Å². The summed E-state index contributed by atoms with van der Waals surface area (Å²) < 4.78 is 0. The SMILES string of the molecule is O=C(C[NH+]1CCCCCC1)N/N=C\c1ccccc1. The summed E-state index contributed by atoms with van der Waals surface area (Å²) in [4.78, 5) is 13.1. The maximum absolute atomic E-state index is 11.8. The third kappa shape index (κ3) is 5.22. The molecule has 1 aliphatic rings. The van der Waals surface area contributed by atoms with Crippen molar-refractivity contribution in [2.24, 2.45) is 5.10 Å². The second-order valence-electron chi connectivity index (χ2n) is 5.04. The van der Waals surface area contributed by atoms with E-state index in [0.29, 0.717) is 6.54 Å². The van der Waals surface area contributed by atoms with Crippen LogP contribution in [0.5, 0.6) is 0 Å². The van der Waals surface area contributed by atoms with E-state index in [1.54, 1.807) is 6.21 Å². The first-order chi connectivity index (χ1) is 9.34. The summed E-state index contributed by atoms with van der Waals surface area (Å²) in [5.74, 6) is 0.00378. The Morgan fingerprint density at radius 1 is 1.16 bits per heavy atom. The normalized spacial score (nSPS) is 17.3. The Morgan fingerprint density at radius 3 is 2.53 bits per heavy atom. The van der Waals surface area contributed by atoms with E-state index in [1.807, 2.05) is 30.3 Å². The van der Waals surface area contributed by atoms with Crippen LogP contribution in [0.25, 0.3) is 0 Å². The van der Waals surface area contributed by atoms with Crippen LogP contribution in [0.15, 0.2) is 35.4 Å². The number of nitrogens with zero attached hydrogens (tertiary/aromatic N) is 1. The van der Waals surface area contributed by atoms with Gasteiger partial charge in [0.2, 0.25) is 0 Å². The van der Waals surface area contributed by atoms with Crippen molar-refractivity contribution >= 4 is 12.1 Å². The molecule has 0 atom stereocenters. The fourth-order valence-electron chi connectivity index (χ4n) is 2.39. The lowest BCUT2D eigenvalue weighted by atomic mass is 10.2. The molecule has 1 aromatic rings. The van der Waals surface area contributed by atoms with Gasteiger partial charge in [-0.05, 0) is 31.2 Å². The molecule has 0 spiro atoms. The summed E-state index contributed by atoms with van der Waals surface area (Å²) in [6.45, 7) is 2.75. The molecule has 2 N–H and O–H groups in total. The van der Waals surface area contributed by atoms with Crippen LogP contribution in [0.2, 0.25) is 0 Å². The van der Waals surface area contributed by atoms with Gasteiger partial charge in [0.25, 0.3) is 5.91 Å². The summed E-state index contributed by atoms with van der Waals surface area (Å²) in [6, 6.07) is 9.76. The van der Waals surface area contributed by atoms with E-state index >= 15 is 0 Å². The van der Waals surface area contributed by atoms with Crippen LogP contribution >= 0.6 is 0 Å². The van der Waals surface area contributed by atoms with E-state index < -0.39 is 0 Å². The summed E-state index contributed by atoms with van der Waals surface area (Å²) in [7, 11) is 0. The molecule has 0 aliphatic carbocycles. The van der Waals surface area contributed by atoms with Crippen LogP contribution in [-0.4, -0.2) is 31.8 Å². The van der Waals surface area contributed by atoms with Gasteiger partial charge >= 0.3 is 0 Å². The Labute approximate surface area is 114 Å². The van der Waals surface area contributed by atoms with Crippen molar-refractivity contribution in [1.82, 2.24) is 5.43 Å². The largest absolute Gasteiger partial charge is 0.327 e. The predicted molar refractivity (Wildman–Crippen MR) is 76.2 cm³/mol. The first kappa shape index (κ1) is 13.7. The zero-order valence-electron chi connectivity index (χ0n) is 11.3. The minimum atomic E-state index is 0.00378. The Bertz CT molecular complexity index is 409. The topological polar surface area (TPSA) is 45.9 Å². The van der Waals surface area contributed by atoms with E-state index in [1.165, 1.54) is 30.6 Å². The van der Waals surface area contributed by atoms with Gasteiger partial charge in [-0.1, -0.05) is 30.3 Å². The van der Waals surface area contributed by atoms with Gasteiger partial charge in [-0.3, -0.25) is 4.79 Å². The standard InChI is InChI=1S/C15H21N3O/c19-15(13-18-10-6-1-2-7-11-18)17-16-12-14-8-4-3-5-9-14/h3-5,8-9,12H,1-2,6-7,10-11,13H2,(H,17,19)/p+1/b16-12-. The highest BCUT2D eigenvalue weighted by Crippen LogP contribution is 1.99. The van der Waals surface area contributed by atoms with E-state index in [4.69, 9.17) is 0 Å². The lowest BCUT2D eigenvalue weighted by Gasteiger charge is -2.15. The Hall–Kier alpha value is -1.68. The second-order valence-corrected chi connectivity index (χ2v) is 5.04. The first-order valence-corrected chi connectivity index (χ1v) is 7.05. The quantitative estimate of drug-likeness (QED) is 0.604. The molecule has 0 bridgehead atoms. The lowest BCUT2D eigenvalue weighted by molar-refractivity contribution is -0.891. The summed E-state index contributed by atoms with van der Waals surface area (Å²) in [5, 5.41) is 3.99. The van der Waals surface area contributed by atoms with Crippen LogP contribution in [0.1, 0.15) is 31.2 Å². The lowest BCUT2D eigenvalue weighted by Crippen LogP contribution is -3.13. The van der Waals surface area contributed by atoms with Crippen molar-refractivity contribution in [3.8, 4) is 0 Å². The number of benzene rings is 1. The zero-order chi connectivity index (χ0) is 13.3. The van der Waals surface area contributed by atoms with Crippen molar-refractivity contribution in [3.63, 3.8) is 0 Å². The zero-order valence-corrected chi connectivity index (χ0v) is 11.3. The van der Waals surface area contributed by atoms with Gasteiger partial charge in [-0.15, -0.1) is 0 Å². The van der Waals surface area contributed by atoms with Crippen LogP contribution in [0.3, 0.4) is 0 Å². The van der Waals surface area contributed by atoms with Gasteiger partial charge in [-0.25, -0.2) is 5.43 Å². The molecule has 1 amide bonds. The van der Waals surface area contributed by atoms with Crippen molar-refractivity contribution in [2.45, 2.75) is 25.7 Å². The van der Waals surface area contributed by atoms with Crippen molar-refractivity contribution in [3.05, 3.63) is 35.9 Å². The van der Waals surface area contributed by atoms with Gasteiger partial charge in [0.15, 0.2) is 6.54 Å². The molecule has 0 unspecified atom stereocenters. The average Bonchev–Trinajstić information content (AvgIpc) is 2.68. The predicted octanol–water partition coefficient (Wildman–Crippen LogP) is 0.596. The Kier molecular flexibility index (Phi) is 5.56. The monoisotopic (exact) mass is 260 g/mol. The van der Waals surface area contributed by atoms with Crippen molar-refractivity contribution < 1.29 is 9.69 Å². The highest BCUT2D eigenvalue weighted by Gasteiger charge is 2.15. The van der Waals surface area contributed by atoms with Gasteiger partial charge in [0.05, 0.1) is 19.3 Å². The second kappa shape index (κ2) is 7.69. The number of carbonyl (C=O) groups is 1. The molecule has 0 saturated carbocycles. The molecule has 4 nitrogen and oxygen atoms in total. The average molecular weight is 260 g/mol. The number of hydrogen-bond acceptors (Lipinski definition) is 2. The molecule has 4 heteroatoms. The number of quaternary nitrogens is 1. The minimum absolute atomic E-state index is 0.00378. The van der Waals surface area contributed by atoms with Gasteiger partial charge in [0, 0.05) is 0 Å². The summed E-state index contributed by atoms with van der Waals surface area (Å²) in [5.41, 5.74) is 3.60. The number of amides is 1. The van der Waals surface area contributed by atoms with E-state index in [9.17, 15) is 4.79 Å². The molecule has 1 saturated heterocycles. The summed E-state index contributed by atoms with van der Waals surface area (Å²) >= 11 is 0. The number of hydrazone groups is 1. The van der Waals surface area contributed by atoms with Crippen LogP contribution < -0.4 is 10.3 Å². The molecular weight excluding hydrogens is 238 g/mol. The van der Waals surface area contributed by atoms with Crippen LogP contribution in [0, 0.1) is 0 Å². The molecule has 1 aliphatic heterocycles. The third-order valence-electron chi connectivity index (χ3n) is 3.42. The maximum Gasteiger partial charge on any atom is 0.295 e. The van der Waals surface area contributed by atoms with Crippen LogP contribution in [0.4, 0.5) is 0 Å². The van der Waals surface area contributed by atoms with Gasteiger partial charge in [-0.2, -0.15) is 5.10 Å². The molecule has 0 aromatic heterocycles. The molecule has 102 valence electrons. The Morgan fingerprint density at radius 2 is 1.84 bits per heavy atom. The number of likely N-dealkylation sites (tertiary alicyclic amines) is 1. The number of hydrogen-bond donors (Lipinski definition) is 2. The number of carbonyl (C=O) groups excluding carboxylic acids is 1. The third-order valence-corrected chi connectivity index (χ3v) is 3.42. The molecular formula is C15H22N3O+. The van der Waals surface area contributed by atoms with E-state index in [0.717, 1.165) is 18.7 Å². The molecule has 2 rings (SSSR count). The smallest absolute Gasteiger partial charge is 0.295 e. The Balaban J connectivity index is 1.73. The minimum Gasteiger partial charge on any atom is -0.327 e. The fraction of sp³-hybridized carbons (Fsp3) is 0.467. The fourth-order valence-corrected chi connectivity index (χ4v) is 2.39. The molecule has 1 aromatic carbocycles. The van der Waals surface area contributed by atoms with E-state index in [-0.39, 0.29) is 5.91 Å². The molecule has 0 radical (unpaired) electrons. The number of rotatable bonds is 4. The molecule has 1 heterocycles. The van der Waals surface area contributed by atoms with Gasteiger partial charge < -0.3 is 4.90 Å². The molecule has 1 fully saturated rings. The van der Waals surface area contributed by atoms with E-state index in [2.05, 4.69) is 10.5 Å².